The van der Waals surface area contributed by atoms with Crippen LogP contribution in [0.25, 0.3) is 11.4 Å². The quantitative estimate of drug-likeness (QED) is 0.610. The lowest BCUT2D eigenvalue weighted by molar-refractivity contribution is 0.00578. The van der Waals surface area contributed by atoms with Gasteiger partial charge >= 0.3 is 7.12 Å². The van der Waals surface area contributed by atoms with Crippen molar-refractivity contribution >= 4 is 12.7 Å². The number of rotatable bonds is 5. The van der Waals surface area contributed by atoms with Crippen molar-refractivity contribution in [3.05, 3.63) is 47.8 Å². The minimum atomic E-state index is -0.611. The molecular weight excluding hydrogens is 407 g/mol. The van der Waals surface area contributed by atoms with Crippen LogP contribution in [0.15, 0.2) is 36.7 Å². The summed E-state index contributed by atoms with van der Waals surface area (Å²) < 4.78 is 20.0. The van der Waals surface area contributed by atoms with Gasteiger partial charge in [-0.1, -0.05) is 0 Å². The molecule has 0 amide bonds. The Labute approximate surface area is 187 Å². The number of hydrogen-bond donors (Lipinski definition) is 1. The van der Waals surface area contributed by atoms with Crippen LogP contribution in [-0.2, 0) is 22.9 Å². The third-order valence-electron chi connectivity index (χ3n) is 5.86. The molecule has 164 valence electrons. The van der Waals surface area contributed by atoms with E-state index in [9.17, 15) is 5.26 Å². The standard InChI is InChI=1S/C22H25BN6O3/c1-21(2)22(3,4)32-23(31-21)18-9-19(29(5)28-18)30-17-8-14(10-24)6-7-16(17)20-26-12-15(11-25)13-27-20/h6-9,12-13H,11,25H2,1-5H3. The number of nitrogens with zero attached hydrogens (tertiary/aromatic N) is 5. The maximum Gasteiger partial charge on any atom is 0.516 e. The summed E-state index contributed by atoms with van der Waals surface area (Å²) in [4.78, 5) is 8.77. The number of ether oxygens (including phenoxy) is 1. The second kappa shape index (κ2) is 8.02. The van der Waals surface area contributed by atoms with Gasteiger partial charge in [0.05, 0.1) is 34.0 Å². The predicted molar refractivity (Wildman–Crippen MR) is 119 cm³/mol. The topological polar surface area (TPSA) is 121 Å². The van der Waals surface area contributed by atoms with Crippen LogP contribution in [0.5, 0.6) is 11.6 Å². The van der Waals surface area contributed by atoms with Crippen molar-refractivity contribution in [2.24, 2.45) is 12.8 Å². The van der Waals surface area contributed by atoms with Gasteiger partial charge in [0.2, 0.25) is 5.88 Å². The molecule has 1 saturated heterocycles. The number of aromatic nitrogens is 4. The molecule has 3 heterocycles. The third kappa shape index (κ3) is 3.98. The van der Waals surface area contributed by atoms with E-state index in [4.69, 9.17) is 19.8 Å². The SMILES string of the molecule is Cn1nc(B2OC(C)(C)C(C)(C)O2)cc1Oc1cc(C#N)ccc1-c1ncc(CN)cn1. The fraction of sp³-hybridized carbons (Fsp3) is 0.364. The number of aryl methyl sites for hydroxylation is 1. The van der Waals surface area contributed by atoms with Gasteiger partial charge < -0.3 is 19.8 Å². The molecule has 1 aliphatic heterocycles. The third-order valence-corrected chi connectivity index (χ3v) is 5.86. The zero-order valence-electron chi connectivity index (χ0n) is 18.8. The highest BCUT2D eigenvalue weighted by molar-refractivity contribution is 6.61. The van der Waals surface area contributed by atoms with Crippen LogP contribution < -0.4 is 16.1 Å². The van der Waals surface area contributed by atoms with Crippen LogP contribution in [-0.4, -0.2) is 38.1 Å². The lowest BCUT2D eigenvalue weighted by Gasteiger charge is -2.32. The summed E-state index contributed by atoms with van der Waals surface area (Å²) in [5.41, 5.74) is 7.21. The summed E-state index contributed by atoms with van der Waals surface area (Å²) >= 11 is 0. The molecule has 3 aromatic rings. The highest BCUT2D eigenvalue weighted by Crippen LogP contribution is 2.37. The average molecular weight is 432 g/mol. The molecule has 0 saturated carbocycles. The van der Waals surface area contributed by atoms with E-state index in [1.165, 1.54) is 0 Å². The van der Waals surface area contributed by atoms with E-state index in [0.29, 0.717) is 40.7 Å². The van der Waals surface area contributed by atoms with E-state index in [2.05, 4.69) is 21.1 Å². The number of benzene rings is 1. The molecule has 4 rings (SSSR count). The summed E-state index contributed by atoms with van der Waals surface area (Å²) in [7, 11) is 1.16. The Kier molecular flexibility index (Phi) is 5.50. The molecule has 10 heteroatoms. The number of nitrogens with two attached hydrogens (primary N) is 1. The van der Waals surface area contributed by atoms with Gasteiger partial charge in [-0.2, -0.15) is 10.4 Å². The van der Waals surface area contributed by atoms with E-state index in [1.807, 2.05) is 27.7 Å². The zero-order chi connectivity index (χ0) is 23.1. The molecule has 32 heavy (non-hydrogen) atoms. The first-order chi connectivity index (χ1) is 15.1. The second-order valence-electron chi connectivity index (χ2n) is 8.66. The first-order valence-corrected chi connectivity index (χ1v) is 10.3. The molecule has 0 spiro atoms. The first-order valence-electron chi connectivity index (χ1n) is 10.3. The fourth-order valence-corrected chi connectivity index (χ4v) is 3.22. The van der Waals surface area contributed by atoms with Crippen molar-refractivity contribution in [1.82, 2.24) is 19.7 Å². The van der Waals surface area contributed by atoms with Crippen molar-refractivity contribution in [2.75, 3.05) is 0 Å². The van der Waals surface area contributed by atoms with Crippen LogP contribution in [0.1, 0.15) is 38.8 Å². The number of nitriles is 1. The first kappa shape index (κ1) is 22.0. The molecule has 0 radical (unpaired) electrons. The second-order valence-corrected chi connectivity index (χ2v) is 8.66. The number of hydrogen-bond acceptors (Lipinski definition) is 8. The van der Waals surface area contributed by atoms with Gasteiger partial charge in [0, 0.05) is 37.6 Å². The van der Waals surface area contributed by atoms with Crippen LogP contribution in [0, 0.1) is 11.3 Å². The summed E-state index contributed by atoms with van der Waals surface area (Å²) in [6, 6.07) is 9.01. The van der Waals surface area contributed by atoms with Gasteiger partial charge in [0.15, 0.2) is 5.82 Å². The normalized spacial score (nSPS) is 16.7. The van der Waals surface area contributed by atoms with E-state index >= 15 is 0 Å². The van der Waals surface area contributed by atoms with Crippen LogP contribution in [0.4, 0.5) is 0 Å². The van der Waals surface area contributed by atoms with Gasteiger partial charge in [0.25, 0.3) is 0 Å². The molecule has 0 unspecified atom stereocenters. The molecule has 1 fully saturated rings. The Morgan fingerprint density at radius 3 is 2.38 bits per heavy atom. The lowest BCUT2D eigenvalue weighted by atomic mass is 9.85. The Bertz CT molecular complexity index is 1170. The zero-order valence-corrected chi connectivity index (χ0v) is 18.8. The van der Waals surface area contributed by atoms with Crippen molar-refractivity contribution in [3.8, 4) is 29.1 Å². The molecular formula is C22H25BN6O3. The van der Waals surface area contributed by atoms with Gasteiger partial charge in [-0.3, -0.25) is 0 Å². The Morgan fingerprint density at radius 1 is 1.12 bits per heavy atom. The Balaban J connectivity index is 1.67. The highest BCUT2D eigenvalue weighted by atomic mass is 16.7. The minimum Gasteiger partial charge on any atom is -0.439 e. The smallest absolute Gasteiger partial charge is 0.439 e. The Morgan fingerprint density at radius 2 is 1.78 bits per heavy atom. The van der Waals surface area contributed by atoms with Crippen LogP contribution in [0.2, 0.25) is 0 Å². The highest BCUT2D eigenvalue weighted by Gasteiger charge is 2.52. The monoisotopic (exact) mass is 432 g/mol. The van der Waals surface area contributed by atoms with Crippen LogP contribution in [0.3, 0.4) is 0 Å². The summed E-state index contributed by atoms with van der Waals surface area (Å²) in [6.45, 7) is 8.31. The van der Waals surface area contributed by atoms with E-state index in [-0.39, 0.29) is 0 Å². The van der Waals surface area contributed by atoms with Crippen molar-refractivity contribution in [1.29, 1.82) is 5.26 Å². The summed E-state index contributed by atoms with van der Waals surface area (Å²) in [6.07, 6.45) is 3.34. The van der Waals surface area contributed by atoms with E-state index in [0.717, 1.165) is 5.56 Å². The van der Waals surface area contributed by atoms with Gasteiger partial charge in [-0.05, 0) is 45.9 Å². The Hall–Kier alpha value is -3.26. The summed E-state index contributed by atoms with van der Waals surface area (Å²) in [5.74, 6) is 1.37. The van der Waals surface area contributed by atoms with Crippen LogP contribution >= 0.6 is 0 Å². The average Bonchev–Trinajstić information content (AvgIpc) is 3.23. The lowest BCUT2D eigenvalue weighted by Crippen LogP contribution is -2.41. The summed E-state index contributed by atoms with van der Waals surface area (Å²) in [5, 5.41) is 13.9. The van der Waals surface area contributed by atoms with Crippen molar-refractivity contribution < 1.29 is 14.0 Å². The predicted octanol–water partition coefficient (Wildman–Crippen LogP) is 2.30. The maximum atomic E-state index is 9.36. The van der Waals surface area contributed by atoms with Crippen molar-refractivity contribution in [2.45, 2.75) is 45.4 Å². The molecule has 2 N–H and O–H groups in total. The molecule has 9 nitrogen and oxygen atoms in total. The molecule has 1 aromatic carbocycles. The van der Waals surface area contributed by atoms with E-state index < -0.39 is 18.3 Å². The maximum absolute atomic E-state index is 9.36. The largest absolute Gasteiger partial charge is 0.516 e. The fourth-order valence-electron chi connectivity index (χ4n) is 3.22. The molecule has 1 aliphatic rings. The minimum absolute atomic E-state index is 0.355. The molecule has 0 atom stereocenters. The van der Waals surface area contributed by atoms with Gasteiger partial charge in [0.1, 0.15) is 5.75 Å². The molecule has 0 aliphatic carbocycles. The molecule has 0 bridgehead atoms. The van der Waals surface area contributed by atoms with E-state index in [1.54, 1.807) is 48.4 Å². The van der Waals surface area contributed by atoms with Gasteiger partial charge in [-0.25, -0.2) is 14.6 Å². The van der Waals surface area contributed by atoms with Gasteiger partial charge in [-0.15, -0.1) is 0 Å². The molecule has 2 aromatic heterocycles. The van der Waals surface area contributed by atoms with Crippen molar-refractivity contribution in [3.63, 3.8) is 0 Å².